The first kappa shape index (κ1) is 16.0. The van der Waals surface area contributed by atoms with Crippen molar-refractivity contribution >= 4 is 49.3 Å². The number of aliphatic hydroxyl groups excluding tert-OH is 1. The Kier molecular flexibility index (Phi) is 3.18. The predicted octanol–water partition coefficient (Wildman–Crippen LogP) is 2.90. The standard InChI is InChI=1S/C21H11BrN2O3/c22-14-5-6-15(23)11-7-12-16(25)8-13-17(19(12)24-18(11)14)21(27)10-4-2-1-3-9(10)20(13)26/h1-8,23-24,27H. The summed E-state index contributed by atoms with van der Waals surface area (Å²) in [6.45, 7) is 0. The maximum atomic E-state index is 12.9. The molecule has 0 aliphatic heterocycles. The van der Waals surface area contributed by atoms with E-state index in [2.05, 4.69) is 20.9 Å². The Morgan fingerprint density at radius 3 is 2.41 bits per heavy atom. The first-order valence-corrected chi connectivity index (χ1v) is 9.01. The van der Waals surface area contributed by atoms with Crippen LogP contribution in [0.15, 0.2) is 57.8 Å². The molecule has 5 rings (SSSR count). The molecule has 0 atom stereocenters. The SMILES string of the molecule is N=c1ccc(Br)c2[nH]c3c4c(cc(=O)c3cc12)C(=O)c1ccccc1C=4O. The van der Waals surface area contributed by atoms with Crippen LogP contribution in [0.4, 0.5) is 0 Å². The average molecular weight is 419 g/mol. The molecule has 0 fully saturated rings. The highest BCUT2D eigenvalue weighted by atomic mass is 79.9. The molecule has 3 N–H and O–H groups in total. The Balaban J connectivity index is 2.10. The van der Waals surface area contributed by atoms with Crippen LogP contribution in [-0.4, -0.2) is 15.9 Å². The number of H-pyrrole nitrogens is 1. The molecule has 0 spiro atoms. The summed E-state index contributed by atoms with van der Waals surface area (Å²) in [4.78, 5) is 28.8. The topological polar surface area (TPSA) is 94.0 Å². The first-order valence-electron chi connectivity index (χ1n) is 8.21. The van der Waals surface area contributed by atoms with Gasteiger partial charge in [0.05, 0.1) is 21.6 Å². The van der Waals surface area contributed by atoms with Gasteiger partial charge in [-0.3, -0.25) is 9.59 Å². The lowest BCUT2D eigenvalue weighted by atomic mass is 9.88. The van der Waals surface area contributed by atoms with Gasteiger partial charge in [0.15, 0.2) is 11.2 Å². The van der Waals surface area contributed by atoms with E-state index >= 15 is 0 Å². The number of ketones is 1. The van der Waals surface area contributed by atoms with Crippen molar-refractivity contribution in [1.82, 2.24) is 4.98 Å². The summed E-state index contributed by atoms with van der Waals surface area (Å²) in [7, 11) is 0. The van der Waals surface area contributed by atoms with Crippen LogP contribution in [0.5, 0.6) is 0 Å². The number of carbonyl (C=O) groups excluding carboxylic acids is 1. The van der Waals surface area contributed by atoms with Crippen LogP contribution in [0, 0.1) is 5.41 Å². The van der Waals surface area contributed by atoms with Gasteiger partial charge in [0.25, 0.3) is 0 Å². The smallest absolute Gasteiger partial charge is 0.194 e. The van der Waals surface area contributed by atoms with E-state index in [1.165, 1.54) is 6.07 Å². The summed E-state index contributed by atoms with van der Waals surface area (Å²) < 4.78 is 0.725. The van der Waals surface area contributed by atoms with E-state index in [-0.39, 0.29) is 27.9 Å². The molecule has 6 heteroatoms. The minimum Gasteiger partial charge on any atom is -0.507 e. The summed E-state index contributed by atoms with van der Waals surface area (Å²) in [5, 5.41) is 20.5. The summed E-state index contributed by atoms with van der Waals surface area (Å²) in [5.41, 5.74) is 1.67. The van der Waals surface area contributed by atoms with E-state index in [9.17, 15) is 14.7 Å². The molecule has 1 aliphatic carbocycles. The van der Waals surface area contributed by atoms with Gasteiger partial charge in [0.1, 0.15) is 5.76 Å². The van der Waals surface area contributed by atoms with E-state index in [1.807, 2.05) is 0 Å². The maximum Gasteiger partial charge on any atom is 0.194 e. The molecule has 0 saturated carbocycles. The van der Waals surface area contributed by atoms with E-state index in [1.54, 1.807) is 42.5 Å². The fourth-order valence-corrected chi connectivity index (χ4v) is 4.12. The van der Waals surface area contributed by atoms with Crippen LogP contribution in [-0.2, 0) is 0 Å². The van der Waals surface area contributed by atoms with E-state index in [4.69, 9.17) is 5.41 Å². The van der Waals surface area contributed by atoms with Gasteiger partial charge < -0.3 is 15.5 Å². The summed E-state index contributed by atoms with van der Waals surface area (Å²) in [6.07, 6.45) is 0. The lowest BCUT2D eigenvalue weighted by molar-refractivity contribution is 0.103. The molecule has 4 aromatic rings. The van der Waals surface area contributed by atoms with Crippen molar-refractivity contribution in [2.75, 3.05) is 0 Å². The number of carbonyl (C=O) groups is 1. The Morgan fingerprint density at radius 1 is 0.889 bits per heavy atom. The molecule has 3 aromatic carbocycles. The fraction of sp³-hybridized carbons (Fsp3) is 0. The van der Waals surface area contributed by atoms with Crippen LogP contribution in [0.25, 0.3) is 27.6 Å². The number of pyridine rings is 1. The zero-order chi connectivity index (χ0) is 18.9. The van der Waals surface area contributed by atoms with Gasteiger partial charge in [-0.1, -0.05) is 24.3 Å². The van der Waals surface area contributed by atoms with Crippen molar-refractivity contribution < 1.29 is 9.90 Å². The number of aliphatic hydroxyl groups is 1. The fourth-order valence-electron chi connectivity index (χ4n) is 3.68. The molecule has 1 aliphatic rings. The first-order chi connectivity index (χ1) is 13.0. The van der Waals surface area contributed by atoms with Crippen molar-refractivity contribution in [2.45, 2.75) is 0 Å². The summed E-state index contributed by atoms with van der Waals surface area (Å²) >= 11 is 3.46. The molecule has 0 unspecified atom stereocenters. The average Bonchev–Trinajstić information content (AvgIpc) is 2.68. The van der Waals surface area contributed by atoms with Crippen molar-refractivity contribution in [3.05, 3.63) is 90.5 Å². The highest BCUT2D eigenvalue weighted by Gasteiger charge is 2.26. The van der Waals surface area contributed by atoms with Gasteiger partial charge in [-0.25, -0.2) is 0 Å². The normalized spacial score (nSPS) is 13.1. The third-order valence-electron chi connectivity index (χ3n) is 4.97. The third kappa shape index (κ3) is 2.07. The molecule has 27 heavy (non-hydrogen) atoms. The molecule has 1 heterocycles. The molecule has 0 saturated heterocycles. The second kappa shape index (κ2) is 5.37. The Bertz CT molecular complexity index is 1500. The van der Waals surface area contributed by atoms with Crippen LogP contribution in [0.2, 0.25) is 0 Å². The molecular formula is C21H11BrN2O3. The van der Waals surface area contributed by atoms with Crippen LogP contribution in [0.1, 0.15) is 21.5 Å². The number of nitrogens with one attached hydrogen (secondary N) is 2. The number of aromatic nitrogens is 1. The molecule has 0 bridgehead atoms. The summed E-state index contributed by atoms with van der Waals surface area (Å²) in [5.74, 6) is -0.335. The lowest BCUT2D eigenvalue weighted by Gasteiger charge is -2.17. The zero-order valence-corrected chi connectivity index (χ0v) is 15.3. The highest BCUT2D eigenvalue weighted by molar-refractivity contribution is 9.10. The maximum absolute atomic E-state index is 12.9. The van der Waals surface area contributed by atoms with Crippen molar-refractivity contribution in [2.24, 2.45) is 0 Å². The van der Waals surface area contributed by atoms with Gasteiger partial charge in [-0.2, -0.15) is 0 Å². The number of fused-ring (bicyclic) bond motifs is 5. The number of benzene rings is 3. The van der Waals surface area contributed by atoms with Crippen molar-refractivity contribution in [3.8, 4) is 0 Å². The highest BCUT2D eigenvalue weighted by Crippen LogP contribution is 2.25. The predicted molar refractivity (Wildman–Crippen MR) is 106 cm³/mol. The molecular weight excluding hydrogens is 408 g/mol. The van der Waals surface area contributed by atoms with Crippen LogP contribution >= 0.6 is 15.9 Å². The molecule has 5 nitrogen and oxygen atoms in total. The van der Waals surface area contributed by atoms with Crippen molar-refractivity contribution in [3.63, 3.8) is 0 Å². The molecule has 1 aromatic heterocycles. The monoisotopic (exact) mass is 418 g/mol. The number of hydrogen-bond acceptors (Lipinski definition) is 4. The number of rotatable bonds is 0. The second-order valence-corrected chi connectivity index (χ2v) is 7.32. The third-order valence-corrected chi connectivity index (χ3v) is 5.63. The van der Waals surface area contributed by atoms with E-state index in [0.717, 1.165) is 4.47 Å². The van der Waals surface area contributed by atoms with Crippen molar-refractivity contribution in [1.29, 1.82) is 5.41 Å². The summed E-state index contributed by atoms with van der Waals surface area (Å²) in [6, 6.07) is 13.1. The van der Waals surface area contributed by atoms with Gasteiger partial charge in [-0.05, 0) is 40.2 Å². The molecule has 0 radical (unpaired) electrons. The molecule has 0 amide bonds. The lowest BCUT2D eigenvalue weighted by Crippen LogP contribution is -2.29. The number of hydrogen-bond donors (Lipinski definition) is 3. The zero-order valence-electron chi connectivity index (χ0n) is 13.8. The van der Waals surface area contributed by atoms with E-state index < -0.39 is 0 Å². The minimum absolute atomic E-state index is 0.0426. The Labute approximate surface area is 160 Å². The van der Waals surface area contributed by atoms with Crippen LogP contribution < -0.4 is 16.0 Å². The van der Waals surface area contributed by atoms with Gasteiger partial charge in [-0.15, -0.1) is 0 Å². The van der Waals surface area contributed by atoms with Gasteiger partial charge in [0, 0.05) is 31.9 Å². The number of aromatic amines is 1. The Morgan fingerprint density at radius 2 is 1.63 bits per heavy atom. The van der Waals surface area contributed by atoms with Gasteiger partial charge in [0.2, 0.25) is 0 Å². The Hall–Kier alpha value is -3.25. The molecule has 130 valence electrons. The van der Waals surface area contributed by atoms with Crippen LogP contribution in [0.3, 0.4) is 0 Å². The largest absolute Gasteiger partial charge is 0.507 e. The quantitative estimate of drug-likeness (QED) is 0.383. The minimum atomic E-state index is -0.332. The van der Waals surface area contributed by atoms with E-state index in [0.29, 0.717) is 38.2 Å². The second-order valence-electron chi connectivity index (χ2n) is 6.46. The number of halogens is 1. The van der Waals surface area contributed by atoms with Gasteiger partial charge >= 0.3 is 0 Å².